The Bertz CT molecular complexity index is 838. The second kappa shape index (κ2) is 8.07. The number of carbonyl (C=O) groups excluding carboxylic acids is 2. The van der Waals surface area contributed by atoms with E-state index in [1.54, 1.807) is 12.0 Å². The van der Waals surface area contributed by atoms with Crippen molar-refractivity contribution in [3.63, 3.8) is 0 Å². The summed E-state index contributed by atoms with van der Waals surface area (Å²) in [5.74, 6) is -0.451. The molecule has 2 aromatic carbocycles. The second-order valence-electron chi connectivity index (χ2n) is 6.32. The van der Waals surface area contributed by atoms with Crippen molar-refractivity contribution in [2.45, 2.75) is 12.3 Å². The molecule has 0 spiro atoms. The van der Waals surface area contributed by atoms with Crippen LogP contribution >= 0.6 is 0 Å². The minimum absolute atomic E-state index is 0.170. The quantitative estimate of drug-likeness (QED) is 0.832. The molecule has 27 heavy (non-hydrogen) atoms. The molecular formula is C20H21FN2O4. The second-order valence-corrected chi connectivity index (χ2v) is 6.32. The summed E-state index contributed by atoms with van der Waals surface area (Å²) in [6.45, 7) is 1.20. The van der Waals surface area contributed by atoms with Crippen LogP contribution in [0.5, 0.6) is 5.75 Å². The van der Waals surface area contributed by atoms with Gasteiger partial charge in [-0.3, -0.25) is 0 Å². The van der Waals surface area contributed by atoms with Crippen molar-refractivity contribution in [1.29, 1.82) is 0 Å². The van der Waals surface area contributed by atoms with Crippen molar-refractivity contribution in [2.75, 3.05) is 32.6 Å². The summed E-state index contributed by atoms with van der Waals surface area (Å²) in [7, 11) is 2.81. The van der Waals surface area contributed by atoms with Crippen LogP contribution in [0.15, 0.2) is 42.5 Å². The van der Waals surface area contributed by atoms with Gasteiger partial charge in [0.15, 0.2) is 0 Å². The van der Waals surface area contributed by atoms with Gasteiger partial charge in [0, 0.05) is 24.7 Å². The van der Waals surface area contributed by atoms with E-state index in [2.05, 4.69) is 10.1 Å². The molecule has 1 aliphatic rings. The number of hydrogen-bond donors (Lipinski definition) is 1. The first-order valence-electron chi connectivity index (χ1n) is 8.59. The topological polar surface area (TPSA) is 67.9 Å². The molecule has 2 amide bonds. The minimum atomic E-state index is -0.757. The Morgan fingerprint density at radius 1 is 1.15 bits per heavy atom. The van der Waals surface area contributed by atoms with E-state index in [4.69, 9.17) is 4.74 Å². The summed E-state index contributed by atoms with van der Waals surface area (Å²) in [5, 5.41) is 2.67. The molecule has 0 aromatic heterocycles. The molecule has 0 bridgehead atoms. The summed E-state index contributed by atoms with van der Waals surface area (Å²) in [5.41, 5.74) is 1.27. The van der Waals surface area contributed by atoms with Gasteiger partial charge in [-0.05, 0) is 42.3 Å². The number of rotatable bonds is 4. The number of esters is 1. The Balaban J connectivity index is 1.62. The van der Waals surface area contributed by atoms with Gasteiger partial charge in [0.05, 0.1) is 19.8 Å². The van der Waals surface area contributed by atoms with Crippen LogP contribution in [0.25, 0.3) is 0 Å². The highest BCUT2D eigenvalue weighted by Crippen LogP contribution is 2.29. The molecule has 0 radical (unpaired) electrons. The van der Waals surface area contributed by atoms with Gasteiger partial charge in [0.2, 0.25) is 0 Å². The molecule has 1 unspecified atom stereocenters. The summed E-state index contributed by atoms with van der Waals surface area (Å²) in [6, 6.07) is 11.4. The molecule has 1 N–H and O–H groups in total. The van der Waals surface area contributed by atoms with Crippen molar-refractivity contribution in [1.82, 2.24) is 4.90 Å². The summed E-state index contributed by atoms with van der Waals surface area (Å²) >= 11 is 0. The third kappa shape index (κ3) is 4.19. The molecule has 1 atom stereocenters. The number of hydrogen-bond acceptors (Lipinski definition) is 4. The monoisotopic (exact) mass is 372 g/mol. The first-order chi connectivity index (χ1) is 13.0. The van der Waals surface area contributed by atoms with Crippen molar-refractivity contribution in [3.8, 4) is 5.75 Å². The van der Waals surface area contributed by atoms with E-state index in [-0.39, 0.29) is 23.2 Å². The van der Waals surface area contributed by atoms with Crippen LogP contribution in [0.4, 0.5) is 14.9 Å². The van der Waals surface area contributed by atoms with Gasteiger partial charge in [-0.15, -0.1) is 0 Å². The zero-order valence-corrected chi connectivity index (χ0v) is 15.2. The average Bonchev–Trinajstić information content (AvgIpc) is 3.18. The van der Waals surface area contributed by atoms with Crippen molar-refractivity contribution in [2.24, 2.45) is 0 Å². The maximum Gasteiger partial charge on any atom is 0.340 e. The third-order valence-electron chi connectivity index (χ3n) is 4.69. The Kier molecular flexibility index (Phi) is 5.59. The maximum atomic E-state index is 14.0. The lowest BCUT2D eigenvalue weighted by Crippen LogP contribution is -2.32. The summed E-state index contributed by atoms with van der Waals surface area (Å²) in [4.78, 5) is 25.6. The molecule has 0 aliphatic carbocycles. The van der Waals surface area contributed by atoms with Crippen LogP contribution in [0.1, 0.15) is 28.3 Å². The Morgan fingerprint density at radius 3 is 2.52 bits per heavy atom. The van der Waals surface area contributed by atoms with Gasteiger partial charge in [0.25, 0.3) is 0 Å². The molecule has 7 heteroatoms. The van der Waals surface area contributed by atoms with Crippen LogP contribution < -0.4 is 10.1 Å². The summed E-state index contributed by atoms with van der Waals surface area (Å²) < 4.78 is 23.7. The van der Waals surface area contributed by atoms with Crippen LogP contribution in [0.2, 0.25) is 0 Å². The molecule has 0 saturated carbocycles. The number of benzene rings is 2. The van der Waals surface area contributed by atoms with E-state index < -0.39 is 11.8 Å². The van der Waals surface area contributed by atoms with E-state index in [1.165, 1.54) is 19.2 Å². The lowest BCUT2D eigenvalue weighted by Gasteiger charge is -2.18. The number of amides is 2. The van der Waals surface area contributed by atoms with Crippen LogP contribution in [0, 0.1) is 5.82 Å². The molecule has 1 fully saturated rings. The average molecular weight is 372 g/mol. The van der Waals surface area contributed by atoms with Gasteiger partial charge in [-0.1, -0.05) is 12.1 Å². The summed E-state index contributed by atoms with van der Waals surface area (Å²) in [6.07, 6.45) is 0.857. The minimum Gasteiger partial charge on any atom is -0.497 e. The normalized spacial score (nSPS) is 16.1. The fourth-order valence-corrected chi connectivity index (χ4v) is 3.16. The molecule has 1 saturated heterocycles. The number of likely N-dealkylation sites (tertiary alicyclic amines) is 1. The first-order valence-corrected chi connectivity index (χ1v) is 8.59. The SMILES string of the molecule is COC(=O)c1ccc(NC(=O)N2CCC(c3ccc(OC)cc3)C2)cc1F. The van der Waals surface area contributed by atoms with Gasteiger partial charge in [0.1, 0.15) is 11.6 Å². The largest absolute Gasteiger partial charge is 0.497 e. The van der Waals surface area contributed by atoms with Crippen LogP contribution in [0.3, 0.4) is 0 Å². The predicted molar refractivity (Wildman–Crippen MR) is 98.7 cm³/mol. The van der Waals surface area contributed by atoms with Crippen molar-refractivity contribution in [3.05, 3.63) is 59.4 Å². The lowest BCUT2D eigenvalue weighted by atomic mass is 9.98. The van der Waals surface area contributed by atoms with E-state index in [9.17, 15) is 14.0 Å². The number of anilines is 1. The van der Waals surface area contributed by atoms with Gasteiger partial charge >= 0.3 is 12.0 Å². The number of ether oxygens (including phenoxy) is 2. The molecule has 1 heterocycles. The van der Waals surface area contributed by atoms with E-state index in [1.807, 2.05) is 24.3 Å². The first kappa shape index (κ1) is 18.7. The number of urea groups is 1. The number of halogens is 1. The van der Waals surface area contributed by atoms with Crippen molar-refractivity contribution < 1.29 is 23.5 Å². The Morgan fingerprint density at radius 2 is 1.89 bits per heavy atom. The Hall–Kier alpha value is -3.09. The fraction of sp³-hybridized carbons (Fsp3) is 0.300. The van der Waals surface area contributed by atoms with E-state index >= 15 is 0 Å². The molecule has 3 rings (SSSR count). The molecule has 2 aromatic rings. The van der Waals surface area contributed by atoms with Crippen molar-refractivity contribution >= 4 is 17.7 Å². The lowest BCUT2D eigenvalue weighted by molar-refractivity contribution is 0.0595. The standard InChI is InChI=1S/C20H21FN2O4/c1-26-16-6-3-13(4-7-16)14-9-10-23(12-14)20(25)22-15-5-8-17(18(21)11-15)19(24)27-2/h3-8,11,14H,9-10,12H2,1-2H3,(H,22,25). The van der Waals surface area contributed by atoms with E-state index in [0.717, 1.165) is 23.8 Å². The maximum absolute atomic E-state index is 14.0. The Labute approximate surface area is 156 Å². The zero-order chi connectivity index (χ0) is 19.4. The zero-order valence-electron chi connectivity index (χ0n) is 15.2. The number of carbonyl (C=O) groups is 2. The number of nitrogens with one attached hydrogen (secondary N) is 1. The molecule has 1 aliphatic heterocycles. The number of methoxy groups -OCH3 is 2. The smallest absolute Gasteiger partial charge is 0.340 e. The van der Waals surface area contributed by atoms with Gasteiger partial charge in [-0.25, -0.2) is 14.0 Å². The van der Waals surface area contributed by atoms with Gasteiger partial charge in [-0.2, -0.15) is 0 Å². The number of nitrogens with zero attached hydrogens (tertiary/aromatic N) is 1. The molecule has 142 valence electrons. The molecule has 6 nitrogen and oxygen atoms in total. The highest BCUT2D eigenvalue weighted by molar-refractivity contribution is 5.92. The van der Waals surface area contributed by atoms with Gasteiger partial charge < -0.3 is 19.7 Å². The predicted octanol–water partition coefficient (Wildman–Crippen LogP) is 3.64. The highest BCUT2D eigenvalue weighted by atomic mass is 19.1. The third-order valence-corrected chi connectivity index (χ3v) is 4.69. The van der Waals surface area contributed by atoms with Crippen LogP contribution in [-0.4, -0.2) is 44.2 Å². The van der Waals surface area contributed by atoms with Crippen LogP contribution in [-0.2, 0) is 4.74 Å². The van der Waals surface area contributed by atoms with E-state index in [0.29, 0.717) is 13.1 Å². The fourth-order valence-electron chi connectivity index (χ4n) is 3.16. The highest BCUT2D eigenvalue weighted by Gasteiger charge is 2.27. The molecular weight excluding hydrogens is 351 g/mol.